The minimum absolute atomic E-state index is 0.159. The molecule has 3 rings (SSSR count). The van der Waals surface area contributed by atoms with Crippen molar-refractivity contribution in [2.24, 2.45) is 7.05 Å². The quantitative estimate of drug-likeness (QED) is 0.723. The molecule has 3 aromatic rings. The van der Waals surface area contributed by atoms with Crippen LogP contribution >= 0.6 is 0 Å². The van der Waals surface area contributed by atoms with Crippen molar-refractivity contribution in [3.63, 3.8) is 0 Å². The second-order valence-corrected chi connectivity index (χ2v) is 4.86. The molecule has 104 valence electrons. The Morgan fingerprint density at radius 1 is 0.818 bits per heavy atom. The monoisotopic (exact) mass is 284 g/mol. The van der Waals surface area contributed by atoms with E-state index >= 15 is 0 Å². The van der Waals surface area contributed by atoms with Gasteiger partial charge in [-0.1, -0.05) is 54.6 Å². The van der Waals surface area contributed by atoms with Crippen molar-refractivity contribution in [3.05, 3.63) is 66.0 Å². The number of rotatable bonds is 2. The molecule has 0 saturated carbocycles. The van der Waals surface area contributed by atoms with Gasteiger partial charge in [-0.2, -0.15) is 10.5 Å². The molecule has 0 aliphatic rings. The van der Waals surface area contributed by atoms with Gasteiger partial charge < -0.3 is 4.57 Å². The summed E-state index contributed by atoms with van der Waals surface area (Å²) in [6.07, 6.45) is 0. The Kier molecular flexibility index (Phi) is 3.43. The SMILES string of the molecule is Cn1c(-c2ccc(-c3ccccc3)cc2)nc(C#N)c1C#N. The van der Waals surface area contributed by atoms with E-state index in [2.05, 4.69) is 17.1 Å². The summed E-state index contributed by atoms with van der Waals surface area (Å²) in [6.45, 7) is 0. The van der Waals surface area contributed by atoms with Gasteiger partial charge in [-0.05, 0) is 11.1 Å². The number of imidazole rings is 1. The zero-order valence-corrected chi connectivity index (χ0v) is 12.0. The summed E-state index contributed by atoms with van der Waals surface area (Å²) in [4.78, 5) is 4.25. The Balaban J connectivity index is 2.03. The van der Waals surface area contributed by atoms with Gasteiger partial charge in [-0.3, -0.25) is 0 Å². The third-order valence-electron chi connectivity index (χ3n) is 3.56. The molecule has 4 nitrogen and oxygen atoms in total. The molecule has 0 aliphatic heterocycles. The standard InChI is InChI=1S/C18H12N4/c1-22-17(12-20)16(11-19)21-18(22)15-9-7-14(8-10-15)13-5-3-2-4-6-13/h2-10H,1H3. The molecule has 0 unspecified atom stereocenters. The van der Waals surface area contributed by atoms with Crippen LogP contribution in [0.5, 0.6) is 0 Å². The van der Waals surface area contributed by atoms with Crippen LogP contribution in [-0.4, -0.2) is 9.55 Å². The number of nitriles is 2. The molecule has 2 aromatic carbocycles. The van der Waals surface area contributed by atoms with E-state index in [0.29, 0.717) is 5.82 Å². The summed E-state index contributed by atoms with van der Waals surface area (Å²) in [6, 6.07) is 22.0. The van der Waals surface area contributed by atoms with E-state index in [9.17, 15) is 0 Å². The lowest BCUT2D eigenvalue weighted by atomic mass is 10.0. The fraction of sp³-hybridized carbons (Fsp3) is 0.0556. The minimum atomic E-state index is 0.159. The lowest BCUT2D eigenvalue weighted by Gasteiger charge is -2.05. The number of hydrogen-bond donors (Lipinski definition) is 0. The van der Waals surface area contributed by atoms with Crippen molar-refractivity contribution in [2.45, 2.75) is 0 Å². The Morgan fingerprint density at radius 3 is 1.95 bits per heavy atom. The number of benzene rings is 2. The molecular weight excluding hydrogens is 272 g/mol. The average Bonchev–Trinajstić information content (AvgIpc) is 2.91. The predicted molar refractivity (Wildman–Crippen MR) is 83.5 cm³/mol. The highest BCUT2D eigenvalue weighted by Gasteiger charge is 2.15. The number of hydrogen-bond acceptors (Lipinski definition) is 3. The number of nitrogens with zero attached hydrogens (tertiary/aromatic N) is 4. The van der Waals surface area contributed by atoms with E-state index in [1.807, 2.05) is 54.6 Å². The third kappa shape index (κ3) is 2.24. The van der Waals surface area contributed by atoms with Gasteiger partial charge >= 0.3 is 0 Å². The van der Waals surface area contributed by atoms with Crippen molar-refractivity contribution in [1.29, 1.82) is 10.5 Å². The Hall–Kier alpha value is -3.37. The average molecular weight is 284 g/mol. The normalized spacial score (nSPS) is 9.95. The van der Waals surface area contributed by atoms with Crippen molar-refractivity contribution in [3.8, 4) is 34.7 Å². The Bertz CT molecular complexity index is 891. The highest BCUT2D eigenvalue weighted by molar-refractivity contribution is 5.68. The summed E-state index contributed by atoms with van der Waals surface area (Å²) >= 11 is 0. The Morgan fingerprint density at radius 2 is 1.41 bits per heavy atom. The van der Waals surface area contributed by atoms with E-state index in [0.717, 1.165) is 16.7 Å². The first kappa shape index (κ1) is 13.6. The maximum Gasteiger partial charge on any atom is 0.177 e. The lowest BCUT2D eigenvalue weighted by molar-refractivity contribution is 0.907. The first-order valence-corrected chi connectivity index (χ1v) is 6.77. The van der Waals surface area contributed by atoms with Crippen molar-refractivity contribution in [2.75, 3.05) is 0 Å². The summed E-state index contributed by atoms with van der Waals surface area (Å²) < 4.78 is 1.65. The molecule has 1 aromatic heterocycles. The van der Waals surface area contributed by atoms with Crippen LogP contribution in [0.2, 0.25) is 0 Å². The van der Waals surface area contributed by atoms with Crippen molar-refractivity contribution < 1.29 is 0 Å². The largest absolute Gasteiger partial charge is 0.318 e. The minimum Gasteiger partial charge on any atom is -0.318 e. The van der Waals surface area contributed by atoms with Gasteiger partial charge in [0.2, 0.25) is 0 Å². The predicted octanol–water partition coefficient (Wildman–Crippen LogP) is 3.50. The van der Waals surface area contributed by atoms with Gasteiger partial charge in [-0.25, -0.2) is 4.98 Å². The van der Waals surface area contributed by atoms with E-state index in [1.54, 1.807) is 11.6 Å². The van der Waals surface area contributed by atoms with E-state index in [-0.39, 0.29) is 11.4 Å². The van der Waals surface area contributed by atoms with E-state index in [1.165, 1.54) is 0 Å². The van der Waals surface area contributed by atoms with Crippen molar-refractivity contribution >= 4 is 0 Å². The van der Waals surface area contributed by atoms with Crippen LogP contribution in [0.3, 0.4) is 0 Å². The summed E-state index contributed by atoms with van der Waals surface area (Å²) in [5.41, 5.74) is 3.57. The third-order valence-corrected chi connectivity index (χ3v) is 3.56. The molecule has 0 amide bonds. The van der Waals surface area contributed by atoms with E-state index < -0.39 is 0 Å². The van der Waals surface area contributed by atoms with Crippen molar-refractivity contribution in [1.82, 2.24) is 9.55 Å². The van der Waals surface area contributed by atoms with Crippen LogP contribution in [0, 0.1) is 22.7 Å². The second-order valence-electron chi connectivity index (χ2n) is 4.86. The fourth-order valence-electron chi connectivity index (χ4n) is 2.41. The molecular formula is C18H12N4. The molecule has 0 N–H and O–H groups in total. The molecule has 0 radical (unpaired) electrons. The fourth-order valence-corrected chi connectivity index (χ4v) is 2.41. The molecule has 22 heavy (non-hydrogen) atoms. The molecule has 4 heteroatoms. The molecule has 0 saturated heterocycles. The molecule has 0 bridgehead atoms. The van der Waals surface area contributed by atoms with Gasteiger partial charge in [-0.15, -0.1) is 0 Å². The van der Waals surface area contributed by atoms with Gasteiger partial charge in [0.15, 0.2) is 11.4 Å². The first-order chi connectivity index (χ1) is 10.7. The van der Waals surface area contributed by atoms with Crippen LogP contribution < -0.4 is 0 Å². The summed E-state index contributed by atoms with van der Waals surface area (Å²) in [5, 5.41) is 18.2. The van der Waals surface area contributed by atoms with Crippen LogP contribution in [0.25, 0.3) is 22.5 Å². The van der Waals surface area contributed by atoms with Crippen LogP contribution in [0.4, 0.5) is 0 Å². The number of aromatic nitrogens is 2. The molecule has 0 aliphatic carbocycles. The van der Waals surface area contributed by atoms with Gasteiger partial charge in [0.05, 0.1) is 0 Å². The highest BCUT2D eigenvalue weighted by atomic mass is 15.1. The second kappa shape index (κ2) is 5.55. The maximum absolute atomic E-state index is 9.12. The highest BCUT2D eigenvalue weighted by Crippen LogP contribution is 2.25. The van der Waals surface area contributed by atoms with Crippen LogP contribution in [0.15, 0.2) is 54.6 Å². The van der Waals surface area contributed by atoms with Gasteiger partial charge in [0, 0.05) is 12.6 Å². The molecule has 0 atom stereocenters. The lowest BCUT2D eigenvalue weighted by Crippen LogP contribution is -1.95. The zero-order chi connectivity index (χ0) is 15.5. The zero-order valence-electron chi connectivity index (χ0n) is 12.0. The topological polar surface area (TPSA) is 65.4 Å². The Labute approximate surface area is 128 Å². The maximum atomic E-state index is 9.12. The van der Waals surface area contributed by atoms with Crippen LogP contribution in [-0.2, 0) is 7.05 Å². The molecule has 1 heterocycles. The first-order valence-electron chi connectivity index (χ1n) is 6.77. The van der Waals surface area contributed by atoms with Gasteiger partial charge in [0.25, 0.3) is 0 Å². The van der Waals surface area contributed by atoms with E-state index in [4.69, 9.17) is 10.5 Å². The molecule has 0 fully saturated rings. The summed E-state index contributed by atoms with van der Waals surface area (Å²) in [5.74, 6) is 0.618. The molecule has 0 spiro atoms. The van der Waals surface area contributed by atoms with Crippen LogP contribution in [0.1, 0.15) is 11.4 Å². The smallest absolute Gasteiger partial charge is 0.177 e. The summed E-state index contributed by atoms with van der Waals surface area (Å²) in [7, 11) is 1.74. The van der Waals surface area contributed by atoms with Gasteiger partial charge in [0.1, 0.15) is 18.0 Å².